The van der Waals surface area contributed by atoms with Crippen molar-refractivity contribution >= 4 is 29.5 Å². The summed E-state index contributed by atoms with van der Waals surface area (Å²) in [5, 5.41) is 18.9. The van der Waals surface area contributed by atoms with Crippen LogP contribution in [0, 0.1) is 0 Å². The zero-order chi connectivity index (χ0) is 19.7. The van der Waals surface area contributed by atoms with Gasteiger partial charge in [0.05, 0.1) is 19.3 Å². The van der Waals surface area contributed by atoms with Crippen molar-refractivity contribution in [1.29, 1.82) is 0 Å². The Morgan fingerprint density at radius 2 is 2.15 bits per heavy atom. The fourth-order valence-electron chi connectivity index (χ4n) is 2.07. The molecule has 2 amide bonds. The molecule has 1 unspecified atom stereocenters. The first-order valence-corrected chi connectivity index (χ1v) is 9.03. The third-order valence-electron chi connectivity index (χ3n) is 3.23. The van der Waals surface area contributed by atoms with E-state index in [2.05, 4.69) is 20.3 Å². The molecule has 0 radical (unpaired) electrons. The average molecular weight is 387 g/mol. The molecule has 1 aliphatic heterocycles. The first-order valence-electron chi connectivity index (χ1n) is 8.05. The van der Waals surface area contributed by atoms with Crippen LogP contribution in [0.5, 0.6) is 0 Å². The van der Waals surface area contributed by atoms with E-state index in [9.17, 15) is 14.4 Å². The largest absolute Gasteiger partial charge is 0.469 e. The Bertz CT molecular complexity index is 619. The first kappa shape index (κ1) is 21.9. The van der Waals surface area contributed by atoms with E-state index < -0.39 is 12.0 Å². The molecule has 2 rings (SSSR count). The summed E-state index contributed by atoms with van der Waals surface area (Å²) in [7, 11) is 3.03. The summed E-state index contributed by atoms with van der Waals surface area (Å²) < 4.78 is 6.28. The van der Waals surface area contributed by atoms with Crippen molar-refractivity contribution in [1.82, 2.24) is 25.0 Å². The summed E-state index contributed by atoms with van der Waals surface area (Å²) in [6.45, 7) is 4.18. The second-order valence-electron chi connectivity index (χ2n) is 5.78. The van der Waals surface area contributed by atoms with Crippen molar-refractivity contribution in [2.45, 2.75) is 37.6 Å². The highest BCUT2D eigenvalue weighted by Gasteiger charge is 2.34. The normalized spacial score (nSPS) is 16.6. The maximum Gasteiger partial charge on any atom is 0.308 e. The van der Waals surface area contributed by atoms with Crippen molar-refractivity contribution in [2.75, 3.05) is 26.0 Å². The quantitative estimate of drug-likeness (QED) is 0.496. The number of aromatic nitrogens is 3. The molecular formula is C15H25N5O5S. The smallest absolute Gasteiger partial charge is 0.308 e. The van der Waals surface area contributed by atoms with Crippen LogP contribution in [-0.4, -0.2) is 80.7 Å². The van der Waals surface area contributed by atoms with Gasteiger partial charge in [0.15, 0.2) is 5.16 Å². The van der Waals surface area contributed by atoms with Gasteiger partial charge in [-0.1, -0.05) is 11.8 Å². The third-order valence-corrected chi connectivity index (χ3v) is 4.25. The Morgan fingerprint density at radius 3 is 2.69 bits per heavy atom. The minimum Gasteiger partial charge on any atom is -0.469 e. The summed E-state index contributed by atoms with van der Waals surface area (Å²) in [6, 6.07) is -0.825. The number of aryl methyl sites for hydroxylation is 1. The molecule has 1 saturated heterocycles. The molecule has 1 aromatic rings. The van der Waals surface area contributed by atoms with Crippen molar-refractivity contribution in [3.05, 3.63) is 6.33 Å². The average Bonchev–Trinajstić information content (AvgIpc) is 2.98. The van der Waals surface area contributed by atoms with E-state index in [4.69, 9.17) is 5.11 Å². The molecule has 146 valence electrons. The summed E-state index contributed by atoms with van der Waals surface area (Å²) in [5.41, 5.74) is 0. The number of aliphatic hydroxyl groups excluding tert-OH is 1. The Morgan fingerprint density at radius 1 is 1.50 bits per heavy atom. The summed E-state index contributed by atoms with van der Waals surface area (Å²) in [5.74, 6) is -0.969. The number of esters is 1. The van der Waals surface area contributed by atoms with Gasteiger partial charge in [-0.05, 0) is 13.8 Å². The van der Waals surface area contributed by atoms with Gasteiger partial charge >= 0.3 is 5.97 Å². The van der Waals surface area contributed by atoms with Crippen molar-refractivity contribution in [3.63, 3.8) is 0 Å². The van der Waals surface area contributed by atoms with E-state index in [0.29, 0.717) is 18.2 Å². The van der Waals surface area contributed by atoms with Gasteiger partial charge in [-0.2, -0.15) is 0 Å². The van der Waals surface area contributed by atoms with Gasteiger partial charge in [-0.25, -0.2) is 0 Å². The fourth-order valence-corrected chi connectivity index (χ4v) is 2.84. The Kier molecular flexibility index (Phi) is 9.07. The summed E-state index contributed by atoms with van der Waals surface area (Å²) in [4.78, 5) is 37.1. The highest BCUT2D eigenvalue weighted by atomic mass is 32.2. The van der Waals surface area contributed by atoms with Gasteiger partial charge in [0.2, 0.25) is 11.8 Å². The number of thioether (sulfide) groups is 1. The topological polar surface area (TPSA) is 127 Å². The van der Waals surface area contributed by atoms with Crippen LogP contribution in [0.1, 0.15) is 20.3 Å². The Hall–Kier alpha value is -2.14. The number of aliphatic hydroxyl groups is 1. The van der Waals surface area contributed by atoms with Crippen LogP contribution in [0.3, 0.4) is 0 Å². The second-order valence-corrected chi connectivity index (χ2v) is 6.72. The number of rotatable bonds is 5. The lowest BCUT2D eigenvalue weighted by Gasteiger charge is -2.34. The molecule has 11 heteroatoms. The van der Waals surface area contributed by atoms with E-state index >= 15 is 0 Å². The maximum atomic E-state index is 12.3. The molecular weight excluding hydrogens is 362 g/mol. The van der Waals surface area contributed by atoms with E-state index in [0.717, 1.165) is 0 Å². The van der Waals surface area contributed by atoms with Gasteiger partial charge < -0.3 is 24.6 Å². The highest BCUT2D eigenvalue weighted by molar-refractivity contribution is 7.99. The predicted octanol–water partition coefficient (Wildman–Crippen LogP) is -0.816. The van der Waals surface area contributed by atoms with Gasteiger partial charge in [0.25, 0.3) is 0 Å². The molecule has 0 bridgehead atoms. The van der Waals surface area contributed by atoms with Crippen LogP contribution < -0.4 is 5.32 Å². The third kappa shape index (κ3) is 7.00. The number of nitrogens with zero attached hydrogens (tertiary/aromatic N) is 4. The molecule has 0 saturated carbocycles. The lowest BCUT2D eigenvalue weighted by Crippen LogP contribution is -2.58. The van der Waals surface area contributed by atoms with Crippen molar-refractivity contribution in [2.24, 2.45) is 7.05 Å². The second kappa shape index (κ2) is 10.8. The molecule has 0 spiro atoms. The van der Waals surface area contributed by atoms with Gasteiger partial charge in [-0.3, -0.25) is 14.4 Å². The lowest BCUT2D eigenvalue weighted by molar-refractivity contribution is -0.149. The molecule has 0 aliphatic carbocycles. The van der Waals surface area contributed by atoms with Crippen molar-refractivity contribution < 1.29 is 24.2 Å². The molecule has 26 heavy (non-hydrogen) atoms. The number of ether oxygens (including phenoxy) is 1. The summed E-state index contributed by atoms with van der Waals surface area (Å²) >= 11 is 1.23. The number of nitrogens with one attached hydrogen (secondary N) is 1. The molecule has 10 nitrogen and oxygen atoms in total. The van der Waals surface area contributed by atoms with E-state index in [1.165, 1.54) is 23.8 Å². The van der Waals surface area contributed by atoms with Gasteiger partial charge in [0, 0.05) is 26.2 Å². The molecule has 1 fully saturated rings. The molecule has 2 heterocycles. The number of amides is 2. The van der Waals surface area contributed by atoms with Crippen LogP contribution in [0.25, 0.3) is 0 Å². The zero-order valence-corrected chi connectivity index (χ0v) is 16.2. The van der Waals surface area contributed by atoms with E-state index in [1.54, 1.807) is 31.8 Å². The number of carbonyl (C=O) groups is 3. The zero-order valence-electron chi connectivity index (χ0n) is 15.3. The lowest BCUT2D eigenvalue weighted by atomic mass is 10.1. The fraction of sp³-hybridized carbons (Fsp3) is 0.667. The maximum absolute atomic E-state index is 12.3. The highest BCUT2D eigenvalue weighted by Crippen LogP contribution is 2.17. The van der Waals surface area contributed by atoms with E-state index in [1.807, 2.05) is 0 Å². The standard InChI is InChI=1S/C12H17N5O4S.C3H8O/c1-16-7-14-15-12(16)22-6-9(18)17-4-3-13-11(20)8(17)5-10(19)21-2;1-3(2)4/h7-8H,3-6H2,1-2H3,(H,13,20);3-4H,1-2H3. The molecule has 1 aromatic heterocycles. The first-order chi connectivity index (χ1) is 12.3. The number of hydrogen-bond acceptors (Lipinski definition) is 8. The van der Waals surface area contributed by atoms with Crippen LogP contribution in [0.2, 0.25) is 0 Å². The number of hydrogen-bond donors (Lipinski definition) is 2. The Labute approximate surface area is 156 Å². The van der Waals surface area contributed by atoms with Crippen molar-refractivity contribution in [3.8, 4) is 0 Å². The van der Waals surface area contributed by atoms with E-state index in [-0.39, 0.29) is 30.1 Å². The monoisotopic (exact) mass is 387 g/mol. The van der Waals surface area contributed by atoms with Crippen LogP contribution >= 0.6 is 11.8 Å². The minimum absolute atomic E-state index is 0.123. The number of piperazine rings is 1. The van der Waals surface area contributed by atoms with Crippen LogP contribution in [-0.2, 0) is 26.2 Å². The number of carbonyl (C=O) groups excluding carboxylic acids is 3. The minimum atomic E-state index is -0.825. The molecule has 1 atom stereocenters. The van der Waals surface area contributed by atoms with Crippen LogP contribution in [0.4, 0.5) is 0 Å². The predicted molar refractivity (Wildman–Crippen MR) is 94.2 cm³/mol. The van der Waals surface area contributed by atoms with Gasteiger partial charge in [0.1, 0.15) is 12.4 Å². The molecule has 1 aliphatic rings. The molecule has 0 aromatic carbocycles. The van der Waals surface area contributed by atoms with Gasteiger partial charge in [-0.15, -0.1) is 10.2 Å². The SMILES string of the molecule is CC(C)O.COC(=O)CC1C(=O)NCCN1C(=O)CSc1nncn1C. The van der Waals surface area contributed by atoms with Crippen LogP contribution in [0.15, 0.2) is 11.5 Å². The summed E-state index contributed by atoms with van der Waals surface area (Å²) in [6.07, 6.45) is 1.23. The Balaban J connectivity index is 0.000000765. The molecule has 2 N–H and O–H groups in total. The number of methoxy groups -OCH3 is 1.